The molecule has 4 rings (SSSR count). The largest absolute Gasteiger partial charge is 0.346 e. The van der Waals surface area contributed by atoms with E-state index in [1.54, 1.807) is 0 Å². The second-order valence-electron chi connectivity index (χ2n) is 8.24. The molecule has 0 saturated heterocycles. The van der Waals surface area contributed by atoms with Crippen LogP contribution in [0.25, 0.3) is 0 Å². The molecule has 1 N–H and O–H groups in total. The van der Waals surface area contributed by atoms with Crippen LogP contribution in [0.2, 0.25) is 0 Å². The molecule has 1 atom stereocenters. The molecular formula is C23H30N6OS. The van der Waals surface area contributed by atoms with Crippen molar-refractivity contribution in [2.45, 2.75) is 46.2 Å². The van der Waals surface area contributed by atoms with Gasteiger partial charge in [0, 0.05) is 19.7 Å². The fourth-order valence-electron chi connectivity index (χ4n) is 4.03. The van der Waals surface area contributed by atoms with E-state index in [1.165, 1.54) is 5.56 Å². The van der Waals surface area contributed by atoms with Crippen molar-refractivity contribution in [1.29, 1.82) is 0 Å². The summed E-state index contributed by atoms with van der Waals surface area (Å²) in [6, 6.07) is 10.1. The lowest BCUT2D eigenvalue weighted by atomic mass is 9.99. The molecule has 2 aromatic heterocycles. The monoisotopic (exact) mass is 438 g/mol. The number of carbonyl (C=O) groups is 1. The van der Waals surface area contributed by atoms with Gasteiger partial charge in [-0.15, -0.1) is 0 Å². The highest BCUT2D eigenvalue weighted by Gasteiger charge is 2.35. The third-order valence-electron chi connectivity index (χ3n) is 5.53. The highest BCUT2D eigenvalue weighted by atomic mass is 32.1. The molecule has 164 valence electrons. The van der Waals surface area contributed by atoms with Crippen LogP contribution in [0.5, 0.6) is 0 Å². The Morgan fingerprint density at radius 1 is 1.10 bits per heavy atom. The first-order valence-corrected chi connectivity index (χ1v) is 10.4. The van der Waals surface area contributed by atoms with E-state index >= 15 is 0 Å². The number of aromatic nitrogens is 4. The fourth-order valence-corrected chi connectivity index (χ4v) is 4.03. The third-order valence-corrected chi connectivity index (χ3v) is 5.53. The summed E-state index contributed by atoms with van der Waals surface area (Å²) in [5.41, 5.74) is 3.91. The second-order valence-corrected chi connectivity index (χ2v) is 8.24. The minimum atomic E-state index is -0.226. The van der Waals surface area contributed by atoms with Gasteiger partial charge >= 0.3 is 0 Å². The topological polar surface area (TPSA) is 75.9 Å². The van der Waals surface area contributed by atoms with E-state index in [1.807, 2.05) is 61.8 Å². The zero-order valence-corrected chi connectivity index (χ0v) is 19.5. The van der Waals surface area contributed by atoms with Crippen LogP contribution in [0.3, 0.4) is 0 Å². The van der Waals surface area contributed by atoms with Crippen LogP contribution < -0.4 is 10.2 Å². The Morgan fingerprint density at radius 2 is 1.84 bits per heavy atom. The van der Waals surface area contributed by atoms with E-state index in [4.69, 9.17) is 4.98 Å². The molecule has 31 heavy (non-hydrogen) atoms. The second kappa shape index (κ2) is 9.51. The van der Waals surface area contributed by atoms with E-state index in [2.05, 4.69) is 33.7 Å². The molecule has 3 aromatic rings. The highest BCUT2D eigenvalue weighted by molar-refractivity contribution is 7.59. The first-order chi connectivity index (χ1) is 14.4. The zero-order valence-electron chi connectivity index (χ0n) is 18.5. The Balaban J connectivity index is 0.00000272. The smallest absolute Gasteiger partial charge is 0.247 e. The molecule has 1 aliphatic rings. The first-order valence-electron chi connectivity index (χ1n) is 10.4. The van der Waals surface area contributed by atoms with E-state index in [0.717, 1.165) is 48.0 Å². The number of nitrogens with one attached hydrogen (secondary N) is 1. The fraction of sp³-hybridized carbons (Fsp3) is 0.391. The minimum Gasteiger partial charge on any atom is -0.346 e. The lowest BCUT2D eigenvalue weighted by Gasteiger charge is -2.36. The molecule has 0 aliphatic carbocycles. The van der Waals surface area contributed by atoms with Crippen LogP contribution in [0.1, 0.15) is 36.5 Å². The predicted octanol–water partition coefficient (Wildman–Crippen LogP) is 3.34. The lowest BCUT2D eigenvalue weighted by Crippen LogP contribution is -2.49. The van der Waals surface area contributed by atoms with E-state index < -0.39 is 0 Å². The van der Waals surface area contributed by atoms with Crippen LogP contribution in [-0.4, -0.2) is 38.7 Å². The van der Waals surface area contributed by atoms with Crippen molar-refractivity contribution in [3.63, 3.8) is 0 Å². The molecule has 7 nitrogen and oxygen atoms in total. The maximum Gasteiger partial charge on any atom is 0.247 e. The van der Waals surface area contributed by atoms with Crippen molar-refractivity contribution in [3.8, 4) is 0 Å². The van der Waals surface area contributed by atoms with E-state index in [9.17, 15) is 4.79 Å². The van der Waals surface area contributed by atoms with Crippen LogP contribution in [0.4, 0.5) is 11.5 Å². The summed E-state index contributed by atoms with van der Waals surface area (Å²) < 4.78 is 1.96. The summed E-state index contributed by atoms with van der Waals surface area (Å²) in [7, 11) is 1.94. The van der Waals surface area contributed by atoms with Gasteiger partial charge in [0.2, 0.25) is 5.91 Å². The number of amides is 1. The van der Waals surface area contributed by atoms with Gasteiger partial charge in [0.25, 0.3) is 0 Å². The molecule has 0 spiro atoms. The van der Waals surface area contributed by atoms with Gasteiger partial charge in [-0.3, -0.25) is 9.48 Å². The first kappa shape index (κ1) is 22.8. The van der Waals surface area contributed by atoms with Crippen molar-refractivity contribution in [2.75, 3.05) is 17.3 Å². The van der Waals surface area contributed by atoms with E-state index in [-0.39, 0.29) is 31.4 Å². The van der Waals surface area contributed by atoms with Gasteiger partial charge in [-0.2, -0.15) is 18.6 Å². The average molecular weight is 439 g/mol. The van der Waals surface area contributed by atoms with Gasteiger partial charge in [-0.05, 0) is 30.4 Å². The van der Waals surface area contributed by atoms with Crippen LogP contribution in [0.15, 0.2) is 42.7 Å². The molecule has 1 aliphatic heterocycles. The maximum atomic E-state index is 12.5. The third kappa shape index (κ3) is 4.90. The Kier molecular flexibility index (Phi) is 7.00. The van der Waals surface area contributed by atoms with Gasteiger partial charge < -0.3 is 10.2 Å². The Hall–Kier alpha value is -2.87. The normalized spacial score (nSPS) is 15.5. The molecular weight excluding hydrogens is 408 g/mol. The van der Waals surface area contributed by atoms with Crippen molar-refractivity contribution in [2.24, 2.45) is 5.92 Å². The molecule has 0 saturated carbocycles. The SMILES string of the molecule is Cc1nc(CCc2cnn(Cc3ccccc3)c2)nc2c1NC(=O)[C@H](C(C)C)N2C.S. The standard InChI is InChI=1S/C23H28N6O.H2S/c1-15(2)21-23(30)27-20-16(3)25-19(26-22(20)28(21)4)11-10-18-12-24-29(14-18)13-17-8-6-5-7-9-17;/h5-9,12,14-15,21H,10-11,13H2,1-4H3,(H,27,30);1H2/t21-;/m0./s1. The molecule has 0 radical (unpaired) electrons. The molecule has 0 fully saturated rings. The summed E-state index contributed by atoms with van der Waals surface area (Å²) in [5, 5.41) is 7.48. The van der Waals surface area contributed by atoms with Gasteiger partial charge in [0.1, 0.15) is 17.6 Å². The van der Waals surface area contributed by atoms with Gasteiger partial charge in [0.15, 0.2) is 5.82 Å². The van der Waals surface area contributed by atoms with E-state index in [0.29, 0.717) is 0 Å². The number of likely N-dealkylation sites (N-methyl/N-ethyl adjacent to an activating group) is 1. The number of rotatable bonds is 6. The summed E-state index contributed by atoms with van der Waals surface area (Å²) in [4.78, 5) is 23.9. The minimum absolute atomic E-state index is 0. The van der Waals surface area contributed by atoms with Crippen LogP contribution in [-0.2, 0) is 24.2 Å². The number of aryl methyl sites for hydroxylation is 3. The van der Waals surface area contributed by atoms with Crippen molar-refractivity contribution < 1.29 is 4.79 Å². The number of nitrogens with zero attached hydrogens (tertiary/aromatic N) is 5. The number of anilines is 2. The lowest BCUT2D eigenvalue weighted by molar-refractivity contribution is -0.118. The summed E-state index contributed by atoms with van der Waals surface area (Å²) in [5.74, 6) is 1.78. The Labute approximate surface area is 190 Å². The Morgan fingerprint density at radius 3 is 2.55 bits per heavy atom. The summed E-state index contributed by atoms with van der Waals surface area (Å²) in [6.45, 7) is 6.78. The molecule has 1 amide bonds. The summed E-state index contributed by atoms with van der Waals surface area (Å²) in [6.07, 6.45) is 5.53. The van der Waals surface area contributed by atoms with Crippen molar-refractivity contribution in [1.82, 2.24) is 19.7 Å². The molecule has 0 unspecified atom stereocenters. The van der Waals surface area contributed by atoms with Crippen LogP contribution >= 0.6 is 13.5 Å². The number of fused-ring (bicyclic) bond motifs is 1. The zero-order chi connectivity index (χ0) is 21.3. The molecule has 3 heterocycles. The number of hydrogen-bond donors (Lipinski definition) is 1. The summed E-state index contributed by atoms with van der Waals surface area (Å²) >= 11 is 0. The predicted molar refractivity (Wildman–Crippen MR) is 128 cm³/mol. The molecule has 8 heteroatoms. The Bertz CT molecular complexity index is 1050. The number of benzene rings is 1. The molecule has 1 aromatic carbocycles. The number of carbonyl (C=O) groups excluding carboxylic acids is 1. The highest BCUT2D eigenvalue weighted by Crippen LogP contribution is 2.33. The van der Waals surface area contributed by atoms with Crippen molar-refractivity contribution in [3.05, 3.63) is 65.4 Å². The van der Waals surface area contributed by atoms with Crippen LogP contribution in [0, 0.1) is 12.8 Å². The van der Waals surface area contributed by atoms with Gasteiger partial charge in [-0.25, -0.2) is 9.97 Å². The number of hydrogen-bond acceptors (Lipinski definition) is 5. The maximum absolute atomic E-state index is 12.5. The van der Waals surface area contributed by atoms with Gasteiger partial charge in [-0.1, -0.05) is 44.2 Å². The van der Waals surface area contributed by atoms with Crippen molar-refractivity contribution >= 4 is 30.9 Å². The van der Waals surface area contributed by atoms with Gasteiger partial charge in [0.05, 0.1) is 18.4 Å². The average Bonchev–Trinajstić information content (AvgIpc) is 3.15. The quantitative estimate of drug-likeness (QED) is 0.639. The molecule has 0 bridgehead atoms.